The molecule has 0 radical (unpaired) electrons. The van der Waals surface area contributed by atoms with Crippen LogP contribution in [-0.4, -0.2) is 37.8 Å². The quantitative estimate of drug-likeness (QED) is 0.801. The van der Waals surface area contributed by atoms with Crippen molar-refractivity contribution in [1.29, 1.82) is 0 Å². The molecule has 0 aromatic heterocycles. The minimum atomic E-state index is -4.41. The lowest BCUT2D eigenvalue weighted by Crippen LogP contribution is -2.43. The Hall–Kier alpha value is -1.33. The van der Waals surface area contributed by atoms with Crippen LogP contribution in [0.3, 0.4) is 0 Å². The molecule has 2 atom stereocenters. The number of ether oxygens (including phenoxy) is 1. The maximum atomic E-state index is 12.2. The molecular weight excluding hydrogens is 328 g/mol. The molecule has 1 heterocycles. The number of benzene rings is 1. The molecule has 1 aromatic rings. The second-order valence-electron chi connectivity index (χ2n) is 5.51. The fourth-order valence-corrected chi connectivity index (χ4v) is 2.71. The van der Waals surface area contributed by atoms with E-state index in [1.807, 2.05) is 0 Å². The van der Waals surface area contributed by atoms with E-state index >= 15 is 0 Å². The Bertz CT molecular complexity index is 546. The second-order valence-corrected chi connectivity index (χ2v) is 6.13. The molecule has 0 aliphatic carbocycles. The Labute approximate surface area is 135 Å². The van der Waals surface area contributed by atoms with Crippen molar-refractivity contribution in [3.8, 4) is 5.75 Å². The molecule has 23 heavy (non-hydrogen) atoms. The summed E-state index contributed by atoms with van der Waals surface area (Å²) in [7, 11) is 2.40. The molecule has 1 aliphatic heterocycles. The van der Waals surface area contributed by atoms with Crippen LogP contribution in [-0.2, 0) is 0 Å². The molecule has 128 valence electrons. The third-order valence-corrected chi connectivity index (χ3v) is 4.10. The van der Waals surface area contributed by atoms with Gasteiger partial charge in [0.25, 0.3) is 5.91 Å². The van der Waals surface area contributed by atoms with Gasteiger partial charge in [-0.25, -0.2) is 0 Å². The highest BCUT2D eigenvalue weighted by Gasteiger charge is 2.28. The molecular formula is C15H20F3N2O2P. The zero-order chi connectivity index (χ0) is 16.9. The topological polar surface area (TPSA) is 50.4 Å². The predicted molar refractivity (Wildman–Crippen MR) is 85.3 cm³/mol. The monoisotopic (exact) mass is 348 g/mol. The van der Waals surface area contributed by atoms with Crippen molar-refractivity contribution in [2.24, 2.45) is 0 Å². The summed E-state index contributed by atoms with van der Waals surface area (Å²) in [5, 5.41) is 6.75. The van der Waals surface area contributed by atoms with Gasteiger partial charge in [-0.15, -0.1) is 9.24 Å². The van der Waals surface area contributed by atoms with Gasteiger partial charge >= 0.3 is 6.18 Å². The second kappa shape index (κ2) is 7.97. The number of halogens is 3. The van der Waals surface area contributed by atoms with Crippen molar-refractivity contribution in [3.05, 3.63) is 23.8 Å². The maximum absolute atomic E-state index is 12.2. The molecule has 1 aliphatic rings. The van der Waals surface area contributed by atoms with Gasteiger partial charge < -0.3 is 15.4 Å². The first-order valence-electron chi connectivity index (χ1n) is 7.46. The lowest BCUT2D eigenvalue weighted by molar-refractivity contribution is -0.153. The van der Waals surface area contributed by atoms with Crippen LogP contribution >= 0.6 is 9.24 Å². The Morgan fingerprint density at radius 1 is 1.39 bits per heavy atom. The minimum Gasteiger partial charge on any atom is -0.484 e. The summed E-state index contributed by atoms with van der Waals surface area (Å²) in [6.45, 7) is 0.0585. The van der Waals surface area contributed by atoms with Crippen LogP contribution in [0, 0.1) is 0 Å². The van der Waals surface area contributed by atoms with E-state index in [9.17, 15) is 18.0 Å². The first-order chi connectivity index (χ1) is 10.8. The summed E-state index contributed by atoms with van der Waals surface area (Å²) in [4.78, 5) is 12.2. The number of carbonyl (C=O) groups is 1. The standard InChI is InChI=1S/C15H20F3N2O2P/c16-15(17,18)9-22-11-4-5-13(23)12(7-11)14(21)20-8-10-3-1-2-6-19-10/h4-5,7,10,19H,1-3,6,8-9,23H2,(H,20,21). The van der Waals surface area contributed by atoms with Gasteiger partial charge in [-0.05, 0) is 36.8 Å². The van der Waals surface area contributed by atoms with Crippen LogP contribution < -0.4 is 20.7 Å². The van der Waals surface area contributed by atoms with Crippen LogP contribution in [0.4, 0.5) is 13.2 Å². The fourth-order valence-electron chi connectivity index (χ4n) is 2.40. The maximum Gasteiger partial charge on any atom is 0.422 e. The van der Waals surface area contributed by atoms with Gasteiger partial charge in [0, 0.05) is 12.6 Å². The summed E-state index contributed by atoms with van der Waals surface area (Å²) >= 11 is 0. The van der Waals surface area contributed by atoms with Gasteiger partial charge in [-0.3, -0.25) is 4.79 Å². The Kier molecular flexibility index (Phi) is 6.25. The molecule has 8 heteroatoms. The zero-order valence-electron chi connectivity index (χ0n) is 12.6. The summed E-state index contributed by atoms with van der Waals surface area (Å²) in [5.41, 5.74) is 0.297. The molecule has 2 N–H and O–H groups in total. The number of carbonyl (C=O) groups excluding carboxylic acids is 1. The zero-order valence-corrected chi connectivity index (χ0v) is 13.7. The highest BCUT2D eigenvalue weighted by Crippen LogP contribution is 2.19. The van der Waals surface area contributed by atoms with Crippen molar-refractivity contribution in [2.75, 3.05) is 19.7 Å². The van der Waals surface area contributed by atoms with Crippen molar-refractivity contribution < 1.29 is 22.7 Å². The third kappa shape index (κ3) is 5.99. The van der Waals surface area contributed by atoms with Gasteiger partial charge in [0.2, 0.25) is 0 Å². The largest absolute Gasteiger partial charge is 0.484 e. The average molecular weight is 348 g/mol. The molecule has 1 fully saturated rings. The first-order valence-corrected chi connectivity index (χ1v) is 8.03. The average Bonchev–Trinajstić information content (AvgIpc) is 2.52. The lowest BCUT2D eigenvalue weighted by Gasteiger charge is -2.23. The molecule has 1 saturated heterocycles. The van der Waals surface area contributed by atoms with E-state index in [0.29, 0.717) is 17.4 Å². The molecule has 0 bridgehead atoms. The first kappa shape index (κ1) is 18.0. The Morgan fingerprint density at radius 3 is 2.83 bits per heavy atom. The van der Waals surface area contributed by atoms with Crippen molar-refractivity contribution in [1.82, 2.24) is 10.6 Å². The highest BCUT2D eigenvalue weighted by atomic mass is 31.0. The Balaban J connectivity index is 1.95. The lowest BCUT2D eigenvalue weighted by atomic mass is 10.0. The van der Waals surface area contributed by atoms with Crippen molar-refractivity contribution >= 4 is 20.5 Å². The SMILES string of the molecule is O=C(NCC1CCCCN1)c1cc(OCC(F)(F)F)ccc1P. The van der Waals surface area contributed by atoms with Crippen molar-refractivity contribution in [3.63, 3.8) is 0 Å². The van der Waals surface area contributed by atoms with Crippen LogP contribution in [0.2, 0.25) is 0 Å². The number of nitrogens with one attached hydrogen (secondary N) is 2. The number of hydrogen-bond donors (Lipinski definition) is 2. The Morgan fingerprint density at radius 2 is 2.17 bits per heavy atom. The molecule has 1 amide bonds. The number of rotatable bonds is 5. The van der Waals surface area contributed by atoms with E-state index in [1.54, 1.807) is 6.07 Å². The van der Waals surface area contributed by atoms with Crippen LogP contribution in [0.1, 0.15) is 29.6 Å². The van der Waals surface area contributed by atoms with E-state index in [2.05, 4.69) is 24.6 Å². The van der Waals surface area contributed by atoms with E-state index in [4.69, 9.17) is 0 Å². The highest BCUT2D eigenvalue weighted by molar-refractivity contribution is 7.27. The number of amides is 1. The van der Waals surface area contributed by atoms with Crippen LogP contribution in [0.5, 0.6) is 5.75 Å². The molecule has 0 spiro atoms. The van der Waals surface area contributed by atoms with E-state index in [-0.39, 0.29) is 17.7 Å². The molecule has 1 aromatic carbocycles. The molecule has 2 rings (SSSR count). The van der Waals surface area contributed by atoms with E-state index in [0.717, 1.165) is 25.8 Å². The van der Waals surface area contributed by atoms with Gasteiger partial charge in [0.05, 0.1) is 5.56 Å². The van der Waals surface area contributed by atoms with Gasteiger partial charge in [0.1, 0.15) is 5.75 Å². The van der Waals surface area contributed by atoms with Gasteiger partial charge in [-0.2, -0.15) is 13.2 Å². The fraction of sp³-hybridized carbons (Fsp3) is 0.533. The number of piperidine rings is 1. The minimum absolute atomic E-state index is 0.0227. The predicted octanol–water partition coefficient (Wildman–Crippen LogP) is 2.00. The summed E-state index contributed by atoms with van der Waals surface area (Å²) in [6, 6.07) is 4.53. The normalized spacial score (nSPS) is 18.5. The van der Waals surface area contributed by atoms with Crippen LogP contribution in [0.15, 0.2) is 18.2 Å². The van der Waals surface area contributed by atoms with Crippen molar-refractivity contribution in [2.45, 2.75) is 31.5 Å². The summed E-state index contributed by atoms with van der Waals surface area (Å²) < 4.78 is 41.3. The van der Waals surface area contributed by atoms with E-state index in [1.165, 1.54) is 12.1 Å². The molecule has 4 nitrogen and oxygen atoms in total. The van der Waals surface area contributed by atoms with Gasteiger partial charge in [0.15, 0.2) is 6.61 Å². The third-order valence-electron chi connectivity index (χ3n) is 3.59. The number of alkyl halides is 3. The van der Waals surface area contributed by atoms with Crippen LogP contribution in [0.25, 0.3) is 0 Å². The molecule has 2 unspecified atom stereocenters. The van der Waals surface area contributed by atoms with Gasteiger partial charge in [-0.1, -0.05) is 12.5 Å². The molecule has 0 saturated carbocycles. The smallest absolute Gasteiger partial charge is 0.422 e. The number of hydrogen-bond acceptors (Lipinski definition) is 3. The summed E-state index contributed by atoms with van der Waals surface area (Å²) in [6.07, 6.45) is -1.14. The van der Waals surface area contributed by atoms with E-state index < -0.39 is 12.8 Å². The summed E-state index contributed by atoms with van der Waals surface area (Å²) in [5.74, 6) is -0.297.